The summed E-state index contributed by atoms with van der Waals surface area (Å²) < 4.78 is 34.9. The maximum absolute atomic E-state index is 11.6. The van der Waals surface area contributed by atoms with E-state index in [0.29, 0.717) is 6.54 Å². The molecule has 2 aromatic rings. The molecule has 7 heteroatoms. The van der Waals surface area contributed by atoms with Gasteiger partial charge in [-0.1, -0.05) is 134 Å². The third kappa shape index (κ3) is 12.6. The van der Waals surface area contributed by atoms with Crippen LogP contribution in [0.1, 0.15) is 122 Å². The third-order valence-corrected chi connectivity index (χ3v) is 8.62. The molecule has 0 spiro atoms. The van der Waals surface area contributed by atoms with Crippen LogP contribution < -0.4 is 39.8 Å². The van der Waals surface area contributed by atoms with Crippen molar-refractivity contribution in [1.29, 1.82) is 0 Å². The summed E-state index contributed by atoms with van der Waals surface area (Å²) in [7, 11) is -4.49. The average molecular weight is 565 g/mol. The van der Waals surface area contributed by atoms with E-state index in [4.69, 9.17) is 0 Å². The van der Waals surface area contributed by atoms with Crippen LogP contribution in [0.2, 0.25) is 0 Å². The molecule has 0 saturated carbocycles. The van der Waals surface area contributed by atoms with Gasteiger partial charge in [0.2, 0.25) is 0 Å². The van der Waals surface area contributed by atoms with Gasteiger partial charge in [0, 0.05) is 6.54 Å². The molecule has 0 fully saturated rings. The molecule has 1 unspecified atom stereocenters. The molecule has 0 saturated heterocycles. The molecule has 1 N–H and O–H groups in total. The number of unbranched alkanes of at least 4 members (excludes halogenated alkanes) is 15. The van der Waals surface area contributed by atoms with Crippen LogP contribution in [0.4, 0.5) is 11.4 Å². The predicted octanol–water partition coefficient (Wildman–Crippen LogP) is 6.00. The second-order valence-electron chi connectivity index (χ2n) is 11.0. The standard InChI is InChI=1S/C32H50N2O3S.Na/c1-2-3-4-5-6-7-8-9-10-11-12-13-14-15-16-20-23-32-33-30-25-24-29(38(35,36)37)26-31(30)34(32)27-28-21-18-17-19-22-28;/h17-19,21-22,24-26,32-33H,2-16,20,23,27H2,1H3,(H,35,36,37);/q;+1/p-1. The molecule has 0 bridgehead atoms. The summed E-state index contributed by atoms with van der Waals surface area (Å²) in [6, 6.07) is 14.9. The van der Waals surface area contributed by atoms with Crippen LogP contribution in [0.25, 0.3) is 0 Å². The molecule has 2 aromatic carbocycles. The van der Waals surface area contributed by atoms with Gasteiger partial charge in [0.25, 0.3) is 0 Å². The van der Waals surface area contributed by atoms with Crippen molar-refractivity contribution in [2.75, 3.05) is 10.2 Å². The van der Waals surface area contributed by atoms with E-state index in [1.807, 2.05) is 18.2 Å². The van der Waals surface area contributed by atoms with Crippen molar-refractivity contribution >= 4 is 21.5 Å². The molecule has 0 amide bonds. The molecule has 1 aliphatic rings. The van der Waals surface area contributed by atoms with E-state index < -0.39 is 10.1 Å². The molecule has 39 heavy (non-hydrogen) atoms. The SMILES string of the molecule is CCCCCCCCCCCCCCCCCCC1Nc2ccc(S(=O)(=O)[O-])cc2N1Cc1ccccc1.[Na+]. The Balaban J connectivity index is 0.00000533. The van der Waals surface area contributed by atoms with Gasteiger partial charge < -0.3 is 14.8 Å². The summed E-state index contributed by atoms with van der Waals surface area (Å²) in [5.74, 6) is 0. The summed E-state index contributed by atoms with van der Waals surface area (Å²) in [4.78, 5) is 2.05. The number of nitrogens with zero attached hydrogens (tertiary/aromatic N) is 1. The van der Waals surface area contributed by atoms with E-state index in [-0.39, 0.29) is 40.6 Å². The van der Waals surface area contributed by atoms with Crippen molar-refractivity contribution in [3.8, 4) is 0 Å². The Bertz CT molecular complexity index is 1030. The van der Waals surface area contributed by atoms with Crippen LogP contribution in [0.3, 0.4) is 0 Å². The van der Waals surface area contributed by atoms with E-state index in [0.717, 1.165) is 29.8 Å². The monoisotopic (exact) mass is 564 g/mol. The normalized spacial score (nSPS) is 14.6. The first kappa shape index (κ1) is 34.2. The smallest absolute Gasteiger partial charge is 0.744 e. The summed E-state index contributed by atoms with van der Waals surface area (Å²) in [5, 5.41) is 3.56. The van der Waals surface area contributed by atoms with Gasteiger partial charge in [-0.15, -0.1) is 0 Å². The summed E-state index contributed by atoms with van der Waals surface area (Å²) in [6.07, 6.45) is 22.8. The van der Waals surface area contributed by atoms with Crippen molar-refractivity contribution in [2.24, 2.45) is 0 Å². The van der Waals surface area contributed by atoms with Crippen molar-refractivity contribution in [1.82, 2.24) is 0 Å². The number of rotatable bonds is 20. The minimum absolute atomic E-state index is 0. The topological polar surface area (TPSA) is 72.5 Å². The van der Waals surface area contributed by atoms with Crippen molar-refractivity contribution in [3.63, 3.8) is 0 Å². The Morgan fingerprint density at radius 3 is 1.77 bits per heavy atom. The largest absolute Gasteiger partial charge is 1.00 e. The number of anilines is 2. The van der Waals surface area contributed by atoms with Crippen LogP contribution >= 0.6 is 0 Å². The maximum Gasteiger partial charge on any atom is 1.00 e. The zero-order chi connectivity index (χ0) is 27.1. The van der Waals surface area contributed by atoms with Crippen molar-refractivity contribution < 1.29 is 42.5 Å². The molecule has 1 heterocycles. The van der Waals surface area contributed by atoms with Gasteiger partial charge in [0.1, 0.15) is 10.1 Å². The fraction of sp³-hybridized carbons (Fsp3) is 0.625. The van der Waals surface area contributed by atoms with Crippen LogP contribution in [0.15, 0.2) is 53.4 Å². The Kier molecular flexibility index (Phi) is 16.8. The zero-order valence-corrected chi connectivity index (χ0v) is 27.3. The van der Waals surface area contributed by atoms with Gasteiger partial charge in [0.05, 0.1) is 22.4 Å². The van der Waals surface area contributed by atoms with Crippen LogP contribution in [0.5, 0.6) is 0 Å². The Labute approximate surface area is 260 Å². The zero-order valence-electron chi connectivity index (χ0n) is 24.5. The van der Waals surface area contributed by atoms with E-state index in [1.54, 1.807) is 6.07 Å². The maximum atomic E-state index is 11.6. The molecule has 0 aromatic heterocycles. The molecular formula is C32H49N2NaO3S. The Morgan fingerprint density at radius 2 is 1.26 bits per heavy atom. The second-order valence-corrected chi connectivity index (χ2v) is 12.4. The van der Waals surface area contributed by atoms with Crippen molar-refractivity contribution in [2.45, 2.75) is 134 Å². The quantitative estimate of drug-likeness (QED) is 0.121. The van der Waals surface area contributed by atoms with Crippen LogP contribution in [0, 0.1) is 0 Å². The van der Waals surface area contributed by atoms with Crippen molar-refractivity contribution in [3.05, 3.63) is 54.1 Å². The summed E-state index contributed by atoms with van der Waals surface area (Å²) >= 11 is 0. The van der Waals surface area contributed by atoms with Crippen LogP contribution in [-0.2, 0) is 16.7 Å². The molecular weight excluding hydrogens is 515 g/mol. The second kappa shape index (κ2) is 19.1. The number of benzene rings is 2. The Hall–Kier alpha value is -1.05. The summed E-state index contributed by atoms with van der Waals surface area (Å²) in [5.41, 5.74) is 2.86. The molecule has 0 aliphatic carbocycles. The average Bonchev–Trinajstić information content (AvgIpc) is 3.25. The molecule has 5 nitrogen and oxygen atoms in total. The van der Waals surface area contributed by atoms with E-state index in [9.17, 15) is 13.0 Å². The van der Waals surface area contributed by atoms with Gasteiger partial charge >= 0.3 is 29.6 Å². The molecule has 0 radical (unpaired) electrons. The first-order valence-electron chi connectivity index (χ1n) is 15.2. The van der Waals surface area contributed by atoms with Gasteiger partial charge in [-0.3, -0.25) is 0 Å². The number of fused-ring (bicyclic) bond motifs is 1. The van der Waals surface area contributed by atoms with Gasteiger partial charge in [-0.2, -0.15) is 0 Å². The van der Waals surface area contributed by atoms with E-state index in [1.165, 1.54) is 108 Å². The fourth-order valence-electron chi connectivity index (χ4n) is 5.54. The number of hydrogen-bond donors (Lipinski definition) is 1. The molecule has 1 atom stereocenters. The Morgan fingerprint density at radius 1 is 0.744 bits per heavy atom. The number of hydrogen-bond acceptors (Lipinski definition) is 5. The predicted molar refractivity (Wildman–Crippen MR) is 159 cm³/mol. The minimum Gasteiger partial charge on any atom is -0.744 e. The van der Waals surface area contributed by atoms with Gasteiger partial charge in [-0.05, 0) is 36.6 Å². The van der Waals surface area contributed by atoms with E-state index >= 15 is 0 Å². The first-order chi connectivity index (χ1) is 18.5. The van der Waals surface area contributed by atoms with E-state index in [2.05, 4.69) is 29.3 Å². The minimum atomic E-state index is -4.49. The molecule has 1 aliphatic heterocycles. The van der Waals surface area contributed by atoms with Gasteiger partial charge in [0.15, 0.2) is 0 Å². The molecule has 3 rings (SSSR count). The first-order valence-corrected chi connectivity index (χ1v) is 16.6. The fourth-order valence-corrected chi connectivity index (χ4v) is 6.03. The van der Waals surface area contributed by atoms with Gasteiger partial charge in [-0.25, -0.2) is 8.42 Å². The third-order valence-electron chi connectivity index (χ3n) is 7.79. The van der Waals surface area contributed by atoms with Crippen LogP contribution in [-0.4, -0.2) is 19.1 Å². The molecule has 212 valence electrons. The number of nitrogens with one attached hydrogen (secondary N) is 1. The summed E-state index contributed by atoms with van der Waals surface area (Å²) in [6.45, 7) is 2.95.